The van der Waals surface area contributed by atoms with Gasteiger partial charge in [-0.15, -0.1) is 0 Å². The predicted molar refractivity (Wildman–Crippen MR) is 86.8 cm³/mol. The summed E-state index contributed by atoms with van der Waals surface area (Å²) in [6.45, 7) is 15.7. The van der Waals surface area contributed by atoms with Crippen LogP contribution < -0.4 is 0 Å². The summed E-state index contributed by atoms with van der Waals surface area (Å²) in [4.78, 5) is 2.61. The molecule has 114 valence electrons. The Labute approximate surface area is 125 Å². The van der Waals surface area contributed by atoms with E-state index in [4.69, 9.17) is 0 Å². The number of allylic oxidation sites excluding steroid dienone is 1. The Morgan fingerprint density at radius 1 is 1.00 bits per heavy atom. The average molecular weight is 275 g/mol. The van der Waals surface area contributed by atoms with E-state index in [0.29, 0.717) is 10.8 Å². The number of hydrogen-bond acceptors (Lipinski definition) is 1. The van der Waals surface area contributed by atoms with Gasteiger partial charge in [0.25, 0.3) is 0 Å². The summed E-state index contributed by atoms with van der Waals surface area (Å²) in [5, 5.41) is 0. The molecule has 0 unspecified atom stereocenters. The molecule has 0 N–H and O–H groups in total. The average Bonchev–Trinajstić information content (AvgIpc) is 2.32. The molecule has 0 aliphatic heterocycles. The summed E-state index contributed by atoms with van der Waals surface area (Å²) in [6, 6.07) is 0. The number of rotatable bonds is 5. The lowest BCUT2D eigenvalue weighted by Gasteiger charge is -2.72. The van der Waals surface area contributed by atoms with Crippen molar-refractivity contribution in [2.45, 2.75) is 73.1 Å². The highest BCUT2D eigenvalue weighted by molar-refractivity contribution is 5.37. The van der Waals surface area contributed by atoms with Crippen LogP contribution in [-0.4, -0.2) is 24.5 Å². The summed E-state index contributed by atoms with van der Waals surface area (Å²) in [6.07, 6.45) is 8.60. The highest BCUT2D eigenvalue weighted by Gasteiger charge is 2.66. The van der Waals surface area contributed by atoms with Gasteiger partial charge in [-0.1, -0.05) is 45.8 Å². The maximum Gasteiger partial charge on any atom is 0.0195 e. The molecule has 2 bridgehead atoms. The minimum atomic E-state index is 0.540. The molecular weight excluding hydrogens is 242 g/mol. The quantitative estimate of drug-likeness (QED) is 0.636. The van der Waals surface area contributed by atoms with Crippen molar-refractivity contribution in [3.8, 4) is 0 Å². The largest absolute Gasteiger partial charge is 0.300 e. The fourth-order valence-corrected chi connectivity index (χ4v) is 5.40. The zero-order valence-electron chi connectivity index (χ0n) is 14.3. The summed E-state index contributed by atoms with van der Waals surface area (Å²) in [5.41, 5.74) is 5.67. The van der Waals surface area contributed by atoms with Crippen LogP contribution in [0.4, 0.5) is 0 Å². The second-order valence-corrected chi connectivity index (χ2v) is 9.01. The van der Waals surface area contributed by atoms with Crippen LogP contribution in [0.15, 0.2) is 11.1 Å². The van der Waals surface area contributed by atoms with Crippen LogP contribution in [-0.2, 0) is 0 Å². The zero-order chi connectivity index (χ0) is 14.6. The van der Waals surface area contributed by atoms with Crippen molar-refractivity contribution in [3.05, 3.63) is 11.1 Å². The molecule has 0 saturated heterocycles. The molecule has 0 aromatic rings. The first-order valence-electron chi connectivity index (χ1n) is 8.75. The minimum absolute atomic E-state index is 0.540. The molecule has 4 aliphatic carbocycles. The van der Waals surface area contributed by atoms with E-state index in [1.54, 1.807) is 0 Å². The van der Waals surface area contributed by atoms with E-state index in [1.807, 2.05) is 11.1 Å². The molecule has 0 spiro atoms. The van der Waals surface area contributed by atoms with Gasteiger partial charge in [-0.3, -0.25) is 4.90 Å². The van der Waals surface area contributed by atoms with Gasteiger partial charge in [0.15, 0.2) is 0 Å². The highest BCUT2D eigenvalue weighted by atomic mass is 15.1. The van der Waals surface area contributed by atoms with Crippen molar-refractivity contribution in [2.75, 3.05) is 19.6 Å². The van der Waals surface area contributed by atoms with Gasteiger partial charge < -0.3 is 0 Å². The molecule has 20 heavy (non-hydrogen) atoms. The molecule has 4 rings (SSSR count). The van der Waals surface area contributed by atoms with Crippen molar-refractivity contribution in [2.24, 2.45) is 16.2 Å². The lowest BCUT2D eigenvalue weighted by atomic mass is 9.33. The van der Waals surface area contributed by atoms with E-state index in [9.17, 15) is 0 Å². The smallest absolute Gasteiger partial charge is 0.0195 e. The Balaban J connectivity index is 1.83. The number of likely N-dealkylation sites (N-methyl/N-ethyl adjacent to an activating group) is 1. The third-order valence-electron chi connectivity index (χ3n) is 6.43. The maximum absolute atomic E-state index is 2.61. The van der Waals surface area contributed by atoms with E-state index in [0.717, 1.165) is 5.41 Å². The van der Waals surface area contributed by atoms with Gasteiger partial charge in [0, 0.05) is 6.54 Å². The third kappa shape index (κ3) is 2.26. The van der Waals surface area contributed by atoms with Crippen LogP contribution in [0.1, 0.15) is 73.1 Å². The Hall–Kier alpha value is -0.300. The molecule has 4 aliphatic rings. The van der Waals surface area contributed by atoms with E-state index >= 15 is 0 Å². The molecule has 0 atom stereocenters. The van der Waals surface area contributed by atoms with Crippen LogP contribution in [0.25, 0.3) is 0 Å². The minimum Gasteiger partial charge on any atom is -0.300 e. The van der Waals surface area contributed by atoms with Crippen LogP contribution in [0.2, 0.25) is 0 Å². The van der Waals surface area contributed by atoms with Crippen molar-refractivity contribution < 1.29 is 0 Å². The summed E-state index contributed by atoms with van der Waals surface area (Å²) < 4.78 is 0. The molecule has 1 heteroatoms. The Morgan fingerprint density at radius 3 is 2.10 bits per heavy atom. The molecule has 0 amide bonds. The van der Waals surface area contributed by atoms with Gasteiger partial charge >= 0.3 is 0 Å². The molecule has 0 aromatic heterocycles. The van der Waals surface area contributed by atoms with E-state index in [1.165, 1.54) is 58.2 Å². The first kappa shape index (κ1) is 14.6. The summed E-state index contributed by atoms with van der Waals surface area (Å²) in [7, 11) is 0. The van der Waals surface area contributed by atoms with Crippen molar-refractivity contribution in [1.82, 2.24) is 4.90 Å². The topological polar surface area (TPSA) is 3.24 Å². The number of hydrogen-bond donors (Lipinski definition) is 0. The SMILES string of the molecule is CCN(CC)CC1=C(C23CC(C)(C2)C3)CC(C)(C)CC1. The fourth-order valence-electron chi connectivity index (χ4n) is 5.40. The van der Waals surface area contributed by atoms with Gasteiger partial charge in [0.2, 0.25) is 0 Å². The first-order chi connectivity index (χ1) is 9.31. The highest BCUT2D eigenvalue weighted by Crippen LogP contribution is 2.77. The Morgan fingerprint density at radius 2 is 1.60 bits per heavy atom. The standard InChI is InChI=1S/C19H33N/c1-6-20(7-2)11-15-8-9-17(3,4)10-16(15)19-12-18(5,13-19)14-19/h6-14H2,1-5H3. The van der Waals surface area contributed by atoms with Crippen LogP contribution in [0, 0.1) is 16.2 Å². The molecule has 3 fully saturated rings. The van der Waals surface area contributed by atoms with E-state index in [2.05, 4.69) is 39.5 Å². The van der Waals surface area contributed by atoms with E-state index in [-0.39, 0.29) is 0 Å². The lowest BCUT2D eigenvalue weighted by molar-refractivity contribution is -0.167. The second kappa shape index (κ2) is 4.60. The van der Waals surface area contributed by atoms with Crippen molar-refractivity contribution >= 4 is 0 Å². The van der Waals surface area contributed by atoms with Crippen LogP contribution >= 0.6 is 0 Å². The van der Waals surface area contributed by atoms with E-state index < -0.39 is 0 Å². The third-order valence-corrected chi connectivity index (χ3v) is 6.43. The molecule has 0 radical (unpaired) electrons. The Bertz CT molecular complexity index is 405. The van der Waals surface area contributed by atoms with Gasteiger partial charge in [0.1, 0.15) is 0 Å². The van der Waals surface area contributed by atoms with Crippen LogP contribution in [0.5, 0.6) is 0 Å². The zero-order valence-corrected chi connectivity index (χ0v) is 14.3. The second-order valence-electron chi connectivity index (χ2n) is 9.01. The normalized spacial score (nSPS) is 38.7. The molecule has 1 nitrogen and oxygen atoms in total. The molecular formula is C19H33N. The van der Waals surface area contributed by atoms with Crippen molar-refractivity contribution in [1.29, 1.82) is 0 Å². The lowest BCUT2D eigenvalue weighted by Crippen LogP contribution is -2.61. The fraction of sp³-hybridized carbons (Fsp3) is 0.895. The maximum atomic E-state index is 2.61. The molecule has 0 heterocycles. The monoisotopic (exact) mass is 275 g/mol. The molecule has 0 aromatic carbocycles. The van der Waals surface area contributed by atoms with Crippen molar-refractivity contribution in [3.63, 3.8) is 0 Å². The van der Waals surface area contributed by atoms with Gasteiger partial charge in [-0.2, -0.15) is 0 Å². The summed E-state index contributed by atoms with van der Waals surface area (Å²) in [5.74, 6) is 0. The van der Waals surface area contributed by atoms with Gasteiger partial charge in [-0.25, -0.2) is 0 Å². The molecule has 3 saturated carbocycles. The first-order valence-corrected chi connectivity index (χ1v) is 8.75. The predicted octanol–water partition coefficient (Wildman–Crippen LogP) is 5.03. The van der Waals surface area contributed by atoms with Gasteiger partial charge in [-0.05, 0) is 67.9 Å². The summed E-state index contributed by atoms with van der Waals surface area (Å²) >= 11 is 0. The Kier molecular flexibility index (Phi) is 3.36. The van der Waals surface area contributed by atoms with Gasteiger partial charge in [0.05, 0.1) is 0 Å². The number of nitrogens with zero attached hydrogens (tertiary/aromatic N) is 1. The van der Waals surface area contributed by atoms with Crippen LogP contribution in [0.3, 0.4) is 0 Å².